The van der Waals surface area contributed by atoms with Crippen LogP contribution in [0.3, 0.4) is 0 Å². The summed E-state index contributed by atoms with van der Waals surface area (Å²) < 4.78 is 45.3. The van der Waals surface area contributed by atoms with Crippen LogP contribution in [0.2, 0.25) is 0 Å². The molecule has 0 spiro atoms. The molecular formula is C41H48O12. The Morgan fingerprint density at radius 3 is 2.38 bits per heavy atom. The summed E-state index contributed by atoms with van der Waals surface area (Å²) in [4.78, 5) is 53.4. The average molecular weight is 733 g/mol. The highest BCUT2D eigenvalue weighted by Crippen LogP contribution is 2.73. The SMILES string of the molecule is C=C(C)[C@@]12OC3(/C=C/C=C/CCCCC)O[C@@H]1[C@@H]1[C@@H]4O[C@]4(COC(C)=O)[C@@H](OC(C)=O)[C@]4(O)C(=O)C(C)=C[C@H]4[C@@]1(O3)[C@H](C)[C@H]2OC(=O)c1ccccc1. The van der Waals surface area contributed by atoms with E-state index in [9.17, 15) is 24.3 Å². The van der Waals surface area contributed by atoms with Gasteiger partial charge in [-0.1, -0.05) is 75.8 Å². The van der Waals surface area contributed by atoms with Gasteiger partial charge in [0.05, 0.1) is 11.2 Å². The second-order valence-electron chi connectivity index (χ2n) is 15.3. The number of rotatable bonds is 12. The number of carbonyl (C=O) groups excluding carboxylic acids is 4. The van der Waals surface area contributed by atoms with E-state index in [0.29, 0.717) is 11.1 Å². The monoisotopic (exact) mass is 732 g/mol. The van der Waals surface area contributed by atoms with Crippen molar-refractivity contribution in [2.75, 3.05) is 6.61 Å². The first-order valence-corrected chi connectivity index (χ1v) is 18.4. The number of ketones is 1. The van der Waals surface area contributed by atoms with Crippen molar-refractivity contribution in [3.63, 3.8) is 0 Å². The Bertz CT molecular complexity index is 1800. The summed E-state index contributed by atoms with van der Waals surface area (Å²) in [6, 6.07) is 8.51. The normalized spacial score (nSPS) is 41.7. The molecule has 1 unspecified atom stereocenters. The highest BCUT2D eigenvalue weighted by Gasteiger charge is 2.91. The maximum Gasteiger partial charge on any atom is 0.338 e. The predicted molar refractivity (Wildman–Crippen MR) is 188 cm³/mol. The van der Waals surface area contributed by atoms with Crippen molar-refractivity contribution in [2.24, 2.45) is 17.8 Å². The molecular weight excluding hydrogens is 684 g/mol. The van der Waals surface area contributed by atoms with E-state index in [1.165, 1.54) is 13.8 Å². The number of carbonyl (C=O) groups is 4. The number of hydrogen-bond acceptors (Lipinski definition) is 12. The molecule has 1 aromatic rings. The van der Waals surface area contributed by atoms with Crippen LogP contribution in [0.25, 0.3) is 0 Å². The quantitative estimate of drug-likeness (QED) is 0.0780. The Hall–Kier alpha value is -3.94. The van der Waals surface area contributed by atoms with E-state index < -0.39 is 101 Å². The summed E-state index contributed by atoms with van der Waals surface area (Å²) in [6.07, 6.45) is 8.32. The molecule has 0 radical (unpaired) electrons. The number of aliphatic hydroxyl groups is 1. The number of benzene rings is 1. The van der Waals surface area contributed by atoms with Gasteiger partial charge in [-0.2, -0.15) is 0 Å². The second kappa shape index (κ2) is 13.1. The first-order chi connectivity index (χ1) is 25.1. The van der Waals surface area contributed by atoms with E-state index >= 15 is 0 Å². The van der Waals surface area contributed by atoms with Crippen molar-refractivity contribution in [1.82, 2.24) is 0 Å². The van der Waals surface area contributed by atoms with Crippen LogP contribution in [0.1, 0.15) is 77.6 Å². The lowest BCUT2D eigenvalue weighted by Gasteiger charge is -2.61. The molecule has 3 heterocycles. The summed E-state index contributed by atoms with van der Waals surface area (Å²) in [5.74, 6) is -7.57. The number of epoxide rings is 1. The van der Waals surface area contributed by atoms with Gasteiger partial charge in [-0.3, -0.25) is 14.4 Å². The molecule has 1 N–H and O–H groups in total. The second-order valence-corrected chi connectivity index (χ2v) is 15.3. The molecule has 0 aromatic heterocycles. The fourth-order valence-electron chi connectivity index (χ4n) is 9.77. The minimum atomic E-state index is -2.47. The van der Waals surface area contributed by atoms with E-state index in [-0.39, 0.29) is 5.57 Å². The highest BCUT2D eigenvalue weighted by atomic mass is 16.9. The van der Waals surface area contributed by atoms with E-state index in [2.05, 4.69) is 13.5 Å². The number of Topliss-reactive ketones (excluding diaryl/α,β-unsaturated/α-hetero) is 1. The molecule has 3 aliphatic heterocycles. The third kappa shape index (κ3) is 5.35. The first kappa shape index (κ1) is 37.4. The van der Waals surface area contributed by atoms with Crippen molar-refractivity contribution in [2.45, 2.75) is 120 Å². The number of esters is 3. The van der Waals surface area contributed by atoms with Gasteiger partial charge in [-0.15, -0.1) is 0 Å². The Kier molecular flexibility index (Phi) is 9.25. The maximum absolute atomic E-state index is 14.4. The van der Waals surface area contributed by atoms with Crippen LogP contribution in [-0.2, 0) is 47.5 Å². The van der Waals surface area contributed by atoms with Crippen LogP contribution in [0.15, 0.2) is 78.4 Å². The largest absolute Gasteiger partial charge is 0.463 e. The van der Waals surface area contributed by atoms with Gasteiger partial charge in [-0.05, 0) is 50.0 Å². The first-order valence-electron chi connectivity index (χ1n) is 18.4. The maximum atomic E-state index is 14.4. The van der Waals surface area contributed by atoms with E-state index in [1.54, 1.807) is 62.4 Å². The summed E-state index contributed by atoms with van der Waals surface area (Å²) in [6.45, 7) is 13.6. The van der Waals surface area contributed by atoms with Crippen LogP contribution < -0.4 is 0 Å². The Morgan fingerprint density at radius 1 is 0.981 bits per heavy atom. The fraction of sp³-hybridized carbons (Fsp3) is 0.561. The molecule has 12 nitrogen and oxygen atoms in total. The number of unbranched alkanes of at least 4 members (excludes halogenated alkanes) is 3. The van der Waals surface area contributed by atoms with Crippen molar-refractivity contribution in [1.29, 1.82) is 0 Å². The number of hydrogen-bond donors (Lipinski definition) is 1. The number of allylic oxidation sites excluding steroid dienone is 3. The van der Waals surface area contributed by atoms with Crippen molar-refractivity contribution in [3.8, 4) is 0 Å². The van der Waals surface area contributed by atoms with Gasteiger partial charge >= 0.3 is 23.9 Å². The third-order valence-electron chi connectivity index (χ3n) is 12.0. The van der Waals surface area contributed by atoms with Gasteiger partial charge in [0.1, 0.15) is 24.9 Å². The van der Waals surface area contributed by atoms with Crippen LogP contribution in [0.5, 0.6) is 0 Å². The molecule has 53 heavy (non-hydrogen) atoms. The van der Waals surface area contributed by atoms with Crippen molar-refractivity contribution >= 4 is 23.7 Å². The Balaban J connectivity index is 1.44. The van der Waals surface area contributed by atoms with Gasteiger partial charge < -0.3 is 38.3 Å². The fourth-order valence-corrected chi connectivity index (χ4v) is 9.77. The van der Waals surface area contributed by atoms with Gasteiger partial charge in [0.25, 0.3) is 0 Å². The van der Waals surface area contributed by atoms with Gasteiger partial charge in [-0.25, -0.2) is 4.79 Å². The van der Waals surface area contributed by atoms with Gasteiger partial charge in [0, 0.05) is 37.7 Å². The molecule has 3 bridgehead atoms. The lowest BCUT2D eigenvalue weighted by Crippen LogP contribution is -2.76. The van der Waals surface area contributed by atoms with Gasteiger partial charge in [0.15, 0.2) is 28.7 Å². The molecule has 2 saturated carbocycles. The Labute approximate surface area is 309 Å². The van der Waals surface area contributed by atoms with E-state index in [4.69, 9.17) is 33.2 Å². The smallest absolute Gasteiger partial charge is 0.338 e. The van der Waals surface area contributed by atoms with Crippen LogP contribution in [0.4, 0.5) is 0 Å². The minimum absolute atomic E-state index is 0.203. The summed E-state index contributed by atoms with van der Waals surface area (Å²) in [5, 5.41) is 13.0. The standard InChI is InChI=1S/C41H48O12/c1-8-9-10-11-12-13-17-20-38-51-34-30-33-37(50-33,22-47-26(6)42)36(48-27(7)43)39(46)29(21-24(4)31(39)44)41(30,53-38)25(5)32(40(34,52-38)23(2)3)49-35(45)28-18-15-14-16-19-28/h12-21,25,29-30,32-34,36,46H,2,8-11,22H2,1,3-7H3/b13-12+,20-17+/t25-,29-,30+,32-,33+,34-,36-,37+,38?,39-,40+,41+/m1/s1. The summed E-state index contributed by atoms with van der Waals surface area (Å²) in [7, 11) is 0. The zero-order valence-electron chi connectivity index (χ0n) is 31.0. The number of fused-ring (bicyclic) bond motifs is 3. The predicted octanol–water partition coefficient (Wildman–Crippen LogP) is 4.85. The zero-order chi connectivity index (χ0) is 38.1. The lowest BCUT2D eigenvalue weighted by molar-refractivity contribution is -0.407. The van der Waals surface area contributed by atoms with Crippen LogP contribution >= 0.6 is 0 Å². The number of ether oxygens (including phenoxy) is 7. The molecule has 12 atom stereocenters. The van der Waals surface area contributed by atoms with E-state index in [0.717, 1.165) is 25.7 Å². The molecule has 5 fully saturated rings. The molecule has 7 rings (SSSR count). The molecule has 3 saturated heterocycles. The highest BCUT2D eigenvalue weighted by molar-refractivity contribution is 6.05. The molecule has 284 valence electrons. The molecule has 1 aromatic carbocycles. The third-order valence-corrected chi connectivity index (χ3v) is 12.0. The van der Waals surface area contributed by atoms with Crippen LogP contribution in [-0.4, -0.2) is 88.2 Å². The molecule has 6 aliphatic rings. The van der Waals surface area contributed by atoms with Gasteiger partial charge in [0.2, 0.25) is 0 Å². The van der Waals surface area contributed by atoms with Crippen molar-refractivity contribution < 1.29 is 57.4 Å². The molecule has 3 aliphatic carbocycles. The zero-order valence-corrected chi connectivity index (χ0v) is 31.0. The average Bonchev–Trinajstić information content (AvgIpc) is 3.73. The Morgan fingerprint density at radius 2 is 1.72 bits per heavy atom. The lowest BCUT2D eigenvalue weighted by atomic mass is 9.53. The molecule has 0 amide bonds. The minimum Gasteiger partial charge on any atom is -0.463 e. The van der Waals surface area contributed by atoms with Crippen molar-refractivity contribution in [3.05, 3.63) is 84.0 Å². The van der Waals surface area contributed by atoms with Crippen LogP contribution in [0, 0.1) is 17.8 Å². The topological polar surface area (TPSA) is 156 Å². The summed E-state index contributed by atoms with van der Waals surface area (Å²) >= 11 is 0. The molecule has 12 heteroatoms. The van der Waals surface area contributed by atoms with E-state index in [1.807, 2.05) is 19.1 Å². The summed E-state index contributed by atoms with van der Waals surface area (Å²) in [5.41, 5.74) is -6.33.